The predicted molar refractivity (Wildman–Crippen MR) is 128 cm³/mol. The summed E-state index contributed by atoms with van der Waals surface area (Å²) in [7, 11) is 0. The molecule has 0 aromatic heterocycles. The fourth-order valence-corrected chi connectivity index (χ4v) is 3.28. The van der Waals surface area contributed by atoms with E-state index in [0.29, 0.717) is 13.3 Å². The third-order valence-corrected chi connectivity index (χ3v) is 5.16. The van der Waals surface area contributed by atoms with Crippen LogP contribution in [-0.2, 0) is 16.2 Å². The maximum atomic E-state index is 8.78. The molecule has 6 heteroatoms. The quantitative estimate of drug-likeness (QED) is 0.121. The van der Waals surface area contributed by atoms with Crippen LogP contribution in [0.1, 0.15) is 62.5 Å². The van der Waals surface area contributed by atoms with Crippen LogP contribution in [0.25, 0.3) is 0 Å². The van der Waals surface area contributed by atoms with Crippen molar-refractivity contribution in [2.75, 3.05) is 38.5 Å². The fourth-order valence-electron chi connectivity index (χ4n) is 3.28. The predicted octanol–water partition coefficient (Wildman–Crippen LogP) is 5.08. The molecule has 3 N–H and O–H groups in total. The van der Waals surface area contributed by atoms with Crippen molar-refractivity contribution in [1.82, 2.24) is 0 Å². The highest BCUT2D eigenvalue weighted by Gasteiger charge is 2.00. The number of ether oxygens (including phenoxy) is 1. The second-order valence-electron chi connectivity index (χ2n) is 7.90. The van der Waals surface area contributed by atoms with Crippen LogP contribution in [0.15, 0.2) is 48.5 Å². The first-order valence-corrected chi connectivity index (χ1v) is 11.8. The SMILES string of the molecule is OCCCCCCOOCNc1ccc(Cc2ccc(OCCCCCCO)cc2)cc1. The van der Waals surface area contributed by atoms with E-state index in [0.717, 1.165) is 75.8 Å². The van der Waals surface area contributed by atoms with E-state index >= 15 is 0 Å². The molecule has 0 heterocycles. The minimum absolute atomic E-state index is 0.259. The maximum absolute atomic E-state index is 8.78. The molecule has 0 amide bonds. The van der Waals surface area contributed by atoms with Gasteiger partial charge in [0.05, 0.1) is 13.2 Å². The van der Waals surface area contributed by atoms with E-state index < -0.39 is 0 Å². The number of anilines is 1. The average molecular weight is 446 g/mol. The van der Waals surface area contributed by atoms with Crippen molar-refractivity contribution in [1.29, 1.82) is 0 Å². The van der Waals surface area contributed by atoms with Gasteiger partial charge in [-0.3, -0.25) is 0 Å². The topological polar surface area (TPSA) is 80.2 Å². The Hall–Kier alpha value is -2.12. The summed E-state index contributed by atoms with van der Waals surface area (Å²) in [5.41, 5.74) is 3.48. The van der Waals surface area contributed by atoms with Gasteiger partial charge in [0.2, 0.25) is 0 Å². The van der Waals surface area contributed by atoms with E-state index in [1.165, 1.54) is 11.1 Å². The first kappa shape index (κ1) is 26.1. The van der Waals surface area contributed by atoms with Crippen molar-refractivity contribution in [3.63, 3.8) is 0 Å². The van der Waals surface area contributed by atoms with Gasteiger partial charge in [0.1, 0.15) is 5.75 Å². The fraction of sp³-hybridized carbons (Fsp3) is 0.538. The number of hydrogen-bond donors (Lipinski definition) is 3. The molecule has 0 saturated carbocycles. The standard InChI is InChI=1S/C26H39NO5/c28-17-5-1-3-7-19-30-26-15-11-24(12-16-26)21-23-9-13-25(14-10-23)27-22-32-31-20-8-4-2-6-18-29/h9-16,27-29H,1-8,17-22H2. The van der Waals surface area contributed by atoms with E-state index in [4.69, 9.17) is 24.7 Å². The molecule has 6 nitrogen and oxygen atoms in total. The van der Waals surface area contributed by atoms with Gasteiger partial charge in [-0.1, -0.05) is 43.5 Å². The Morgan fingerprint density at radius 2 is 1.16 bits per heavy atom. The van der Waals surface area contributed by atoms with Gasteiger partial charge in [0.25, 0.3) is 0 Å². The smallest absolute Gasteiger partial charge is 0.151 e. The van der Waals surface area contributed by atoms with Gasteiger partial charge in [-0.2, -0.15) is 0 Å². The molecule has 178 valence electrons. The number of benzene rings is 2. The third kappa shape index (κ3) is 12.1. The summed E-state index contributed by atoms with van der Waals surface area (Å²) in [6.07, 6.45) is 8.77. The lowest BCUT2D eigenvalue weighted by Gasteiger charge is -2.09. The Balaban J connectivity index is 1.58. The van der Waals surface area contributed by atoms with Crippen LogP contribution in [0.4, 0.5) is 5.69 Å². The minimum Gasteiger partial charge on any atom is -0.494 e. The van der Waals surface area contributed by atoms with Gasteiger partial charge in [0, 0.05) is 18.9 Å². The van der Waals surface area contributed by atoms with Crippen molar-refractivity contribution < 1.29 is 24.7 Å². The van der Waals surface area contributed by atoms with E-state index in [2.05, 4.69) is 29.6 Å². The van der Waals surface area contributed by atoms with Gasteiger partial charge in [0.15, 0.2) is 6.73 Å². The first-order chi connectivity index (χ1) is 15.8. The number of rotatable bonds is 19. The molecule has 0 radical (unpaired) electrons. The Kier molecular flexibility index (Phi) is 14.2. The second-order valence-corrected chi connectivity index (χ2v) is 7.90. The van der Waals surface area contributed by atoms with E-state index in [1.807, 2.05) is 24.3 Å². The van der Waals surface area contributed by atoms with Crippen LogP contribution in [0, 0.1) is 0 Å². The van der Waals surface area contributed by atoms with E-state index in [1.54, 1.807) is 0 Å². The van der Waals surface area contributed by atoms with Gasteiger partial charge >= 0.3 is 0 Å². The summed E-state index contributed by atoms with van der Waals surface area (Å²) in [6.45, 7) is 2.13. The third-order valence-electron chi connectivity index (χ3n) is 5.16. The van der Waals surface area contributed by atoms with Crippen LogP contribution in [0.2, 0.25) is 0 Å². The van der Waals surface area contributed by atoms with Crippen LogP contribution in [0.5, 0.6) is 5.75 Å². The zero-order chi connectivity index (χ0) is 22.7. The lowest BCUT2D eigenvalue weighted by molar-refractivity contribution is -0.289. The summed E-state index contributed by atoms with van der Waals surface area (Å²) in [5.74, 6) is 0.905. The van der Waals surface area contributed by atoms with Gasteiger partial charge in [-0.05, 0) is 73.9 Å². The lowest BCUT2D eigenvalue weighted by Crippen LogP contribution is -2.07. The summed E-state index contributed by atoms with van der Waals surface area (Å²) < 4.78 is 5.79. The highest BCUT2D eigenvalue weighted by molar-refractivity contribution is 5.45. The highest BCUT2D eigenvalue weighted by atomic mass is 17.2. The maximum Gasteiger partial charge on any atom is 0.151 e. The Morgan fingerprint density at radius 3 is 1.78 bits per heavy atom. The Morgan fingerprint density at radius 1 is 0.594 bits per heavy atom. The monoisotopic (exact) mass is 445 g/mol. The summed E-state index contributed by atoms with van der Waals surface area (Å²) in [6, 6.07) is 16.6. The van der Waals surface area contributed by atoms with Gasteiger partial charge in [-0.25, -0.2) is 9.78 Å². The first-order valence-electron chi connectivity index (χ1n) is 11.8. The molecule has 0 atom stereocenters. The van der Waals surface area contributed by atoms with Crippen LogP contribution in [0.3, 0.4) is 0 Å². The van der Waals surface area contributed by atoms with Crippen molar-refractivity contribution >= 4 is 5.69 Å². The number of aliphatic hydroxyl groups excluding tert-OH is 2. The number of unbranched alkanes of at least 4 members (excludes halogenated alkanes) is 6. The Bertz CT molecular complexity index is 690. The largest absolute Gasteiger partial charge is 0.494 e. The van der Waals surface area contributed by atoms with Crippen molar-refractivity contribution in [2.45, 2.75) is 57.8 Å². The molecule has 0 aliphatic carbocycles. The molecular weight excluding hydrogens is 406 g/mol. The van der Waals surface area contributed by atoms with E-state index in [9.17, 15) is 0 Å². The van der Waals surface area contributed by atoms with Gasteiger partial charge in [-0.15, -0.1) is 0 Å². The molecule has 0 unspecified atom stereocenters. The molecule has 0 bridgehead atoms. The zero-order valence-electron chi connectivity index (χ0n) is 19.1. The molecule has 2 aromatic rings. The van der Waals surface area contributed by atoms with Crippen molar-refractivity contribution in [2.24, 2.45) is 0 Å². The highest BCUT2D eigenvalue weighted by Crippen LogP contribution is 2.17. The van der Waals surface area contributed by atoms with Crippen LogP contribution in [-0.4, -0.2) is 43.4 Å². The lowest BCUT2D eigenvalue weighted by atomic mass is 10.0. The van der Waals surface area contributed by atoms with Crippen LogP contribution < -0.4 is 10.1 Å². The zero-order valence-corrected chi connectivity index (χ0v) is 19.1. The number of hydrogen-bond acceptors (Lipinski definition) is 6. The second kappa shape index (κ2) is 17.4. The van der Waals surface area contributed by atoms with Crippen molar-refractivity contribution in [3.05, 3.63) is 59.7 Å². The molecule has 32 heavy (non-hydrogen) atoms. The molecule has 0 spiro atoms. The van der Waals surface area contributed by atoms with Crippen molar-refractivity contribution in [3.8, 4) is 5.75 Å². The molecule has 2 rings (SSSR count). The number of aliphatic hydroxyl groups is 2. The molecule has 0 aliphatic heterocycles. The summed E-state index contributed by atoms with van der Waals surface area (Å²) >= 11 is 0. The van der Waals surface area contributed by atoms with Crippen LogP contribution >= 0.6 is 0 Å². The molecule has 0 fully saturated rings. The molecule has 0 aliphatic rings. The number of nitrogens with one attached hydrogen (secondary N) is 1. The summed E-state index contributed by atoms with van der Waals surface area (Å²) in [5, 5.41) is 20.7. The van der Waals surface area contributed by atoms with Gasteiger partial charge < -0.3 is 20.3 Å². The molecule has 0 saturated heterocycles. The Labute approximate surface area is 192 Å². The normalized spacial score (nSPS) is 10.9. The van der Waals surface area contributed by atoms with E-state index in [-0.39, 0.29) is 13.2 Å². The average Bonchev–Trinajstić information content (AvgIpc) is 2.82. The molecule has 2 aromatic carbocycles. The minimum atomic E-state index is 0.259. The molecular formula is C26H39NO5. The summed E-state index contributed by atoms with van der Waals surface area (Å²) in [4.78, 5) is 10.3.